The van der Waals surface area contributed by atoms with Gasteiger partial charge in [0.1, 0.15) is 0 Å². The van der Waals surface area contributed by atoms with Crippen molar-refractivity contribution in [2.45, 2.75) is 29.9 Å². The molecule has 0 bridgehead atoms. The molecule has 0 aliphatic carbocycles. The number of rotatable bonds is 1. The molecule has 0 saturated carbocycles. The third kappa shape index (κ3) is 2.62. The van der Waals surface area contributed by atoms with Crippen molar-refractivity contribution < 1.29 is 4.74 Å². The maximum absolute atomic E-state index is 5.61. The lowest BCUT2D eigenvalue weighted by Crippen LogP contribution is -2.19. The largest absolute Gasteiger partial charge is 0.351 e. The van der Waals surface area contributed by atoms with Crippen molar-refractivity contribution in [3.05, 3.63) is 23.8 Å². The van der Waals surface area contributed by atoms with Gasteiger partial charge in [-0.3, -0.25) is 0 Å². The minimum absolute atomic E-state index is 0.207. The highest BCUT2D eigenvalue weighted by Crippen LogP contribution is 2.28. The fraction of sp³-hybridized carbons (Fsp3) is 0.455. The third-order valence-electron chi connectivity index (χ3n) is 2.46. The summed E-state index contributed by atoms with van der Waals surface area (Å²) in [7, 11) is 0. The monoisotopic (exact) mass is 241 g/mol. The van der Waals surface area contributed by atoms with Gasteiger partial charge in [0.05, 0.1) is 6.10 Å². The Hall–Kier alpha value is -0.320. The molecule has 2 unspecified atom stereocenters. The van der Waals surface area contributed by atoms with E-state index in [1.807, 2.05) is 0 Å². The van der Waals surface area contributed by atoms with Crippen molar-refractivity contribution in [2.75, 3.05) is 11.6 Å². The lowest BCUT2D eigenvalue weighted by molar-refractivity contribution is 0.0662. The van der Waals surface area contributed by atoms with E-state index in [0.717, 1.165) is 12.1 Å². The van der Waals surface area contributed by atoms with Gasteiger partial charge in [0.2, 0.25) is 0 Å². The predicted molar refractivity (Wildman–Crippen MR) is 68.9 cm³/mol. The number of thiol groups is 1. The Labute approximate surface area is 100 Å². The number of benzene rings is 1. The molecule has 4 heteroatoms. The zero-order valence-corrected chi connectivity index (χ0v) is 10.6. The highest BCUT2D eigenvalue weighted by Gasteiger charge is 2.18. The first kappa shape index (κ1) is 11.2. The van der Waals surface area contributed by atoms with Crippen LogP contribution in [0.25, 0.3) is 0 Å². The van der Waals surface area contributed by atoms with Crippen LogP contribution in [0.1, 0.15) is 12.5 Å². The van der Waals surface area contributed by atoms with Crippen molar-refractivity contribution in [3.8, 4) is 0 Å². The van der Waals surface area contributed by atoms with Gasteiger partial charge < -0.3 is 10.1 Å². The van der Waals surface area contributed by atoms with Gasteiger partial charge in [-0.05, 0) is 36.9 Å². The van der Waals surface area contributed by atoms with Crippen LogP contribution in [-0.2, 0) is 11.2 Å². The van der Waals surface area contributed by atoms with Crippen LogP contribution < -0.4 is 5.32 Å². The van der Waals surface area contributed by atoms with E-state index >= 15 is 0 Å². The first-order chi connectivity index (χ1) is 7.19. The second-order valence-corrected chi connectivity index (χ2v) is 5.02. The Bertz CT molecular complexity index is 356. The fourth-order valence-corrected chi connectivity index (χ4v) is 2.56. The van der Waals surface area contributed by atoms with Crippen molar-refractivity contribution in [1.29, 1.82) is 0 Å². The van der Waals surface area contributed by atoms with E-state index in [4.69, 9.17) is 4.74 Å². The van der Waals surface area contributed by atoms with E-state index in [9.17, 15) is 0 Å². The normalized spacial score (nSPS) is 25.3. The van der Waals surface area contributed by atoms with Crippen LogP contribution in [-0.4, -0.2) is 17.9 Å². The SMILES string of the molecule is CSc1ccc2c(c1)CC(C)OC(S)N2. The summed E-state index contributed by atoms with van der Waals surface area (Å²) < 4.78 is 5.61. The molecule has 0 saturated heterocycles. The maximum Gasteiger partial charge on any atom is 0.173 e. The minimum Gasteiger partial charge on any atom is -0.351 e. The van der Waals surface area contributed by atoms with Crippen molar-refractivity contribution >= 4 is 30.1 Å². The van der Waals surface area contributed by atoms with E-state index in [0.29, 0.717) is 0 Å². The summed E-state index contributed by atoms with van der Waals surface area (Å²) in [6, 6.07) is 6.44. The molecular formula is C11H15NOS2. The van der Waals surface area contributed by atoms with Gasteiger partial charge in [0, 0.05) is 17.0 Å². The standard InChI is InChI=1S/C11H15NOS2/c1-7-5-8-6-9(15-2)3-4-10(8)12-11(14)13-7/h3-4,6-7,11-12,14H,5H2,1-2H3. The zero-order valence-electron chi connectivity index (χ0n) is 8.86. The van der Waals surface area contributed by atoms with Crippen LogP contribution in [0.5, 0.6) is 0 Å². The van der Waals surface area contributed by atoms with E-state index in [-0.39, 0.29) is 11.7 Å². The van der Waals surface area contributed by atoms with Gasteiger partial charge in [0.15, 0.2) is 5.56 Å². The summed E-state index contributed by atoms with van der Waals surface area (Å²) in [5.74, 6) is 0. The molecule has 1 heterocycles. The first-order valence-electron chi connectivity index (χ1n) is 4.96. The van der Waals surface area contributed by atoms with Gasteiger partial charge in [-0.25, -0.2) is 0 Å². The van der Waals surface area contributed by atoms with Crippen LogP contribution in [0.15, 0.2) is 23.1 Å². The number of thioether (sulfide) groups is 1. The molecule has 0 amide bonds. The van der Waals surface area contributed by atoms with Crippen LogP contribution in [0, 0.1) is 0 Å². The van der Waals surface area contributed by atoms with Crippen molar-refractivity contribution in [1.82, 2.24) is 0 Å². The van der Waals surface area contributed by atoms with E-state index in [1.54, 1.807) is 11.8 Å². The van der Waals surface area contributed by atoms with Crippen molar-refractivity contribution in [2.24, 2.45) is 0 Å². The molecule has 2 nitrogen and oxygen atoms in total. The van der Waals surface area contributed by atoms with E-state index < -0.39 is 0 Å². The molecule has 2 atom stereocenters. The minimum atomic E-state index is -0.207. The summed E-state index contributed by atoms with van der Waals surface area (Å²) in [4.78, 5) is 1.29. The van der Waals surface area contributed by atoms with E-state index in [1.165, 1.54) is 10.5 Å². The molecule has 0 fully saturated rings. The van der Waals surface area contributed by atoms with Crippen molar-refractivity contribution in [3.63, 3.8) is 0 Å². The molecule has 1 aromatic rings. The average Bonchev–Trinajstić information content (AvgIpc) is 2.33. The Morgan fingerprint density at radius 3 is 3.07 bits per heavy atom. The Balaban J connectivity index is 2.33. The highest BCUT2D eigenvalue weighted by molar-refractivity contribution is 7.98. The molecule has 1 aliphatic rings. The smallest absolute Gasteiger partial charge is 0.173 e. The first-order valence-corrected chi connectivity index (χ1v) is 6.70. The van der Waals surface area contributed by atoms with Crippen LogP contribution in [0.4, 0.5) is 5.69 Å². The molecule has 0 spiro atoms. The summed E-state index contributed by atoms with van der Waals surface area (Å²) in [6.07, 6.45) is 3.24. The Morgan fingerprint density at radius 2 is 2.33 bits per heavy atom. The number of anilines is 1. The summed E-state index contributed by atoms with van der Waals surface area (Å²) in [6.45, 7) is 2.08. The fourth-order valence-electron chi connectivity index (χ4n) is 1.75. The number of hydrogen-bond donors (Lipinski definition) is 2. The molecule has 1 aromatic carbocycles. The van der Waals surface area contributed by atoms with Gasteiger partial charge >= 0.3 is 0 Å². The predicted octanol–water partition coefficient (Wildman–Crippen LogP) is 3.00. The second-order valence-electron chi connectivity index (χ2n) is 3.67. The van der Waals surface area contributed by atoms with Crippen LogP contribution in [0.3, 0.4) is 0 Å². The molecule has 0 radical (unpaired) electrons. The van der Waals surface area contributed by atoms with Gasteiger partial charge in [-0.1, -0.05) is 0 Å². The second kappa shape index (κ2) is 4.68. The van der Waals surface area contributed by atoms with Crippen LogP contribution >= 0.6 is 24.4 Å². The maximum atomic E-state index is 5.61. The highest BCUT2D eigenvalue weighted by atomic mass is 32.2. The summed E-state index contributed by atoms with van der Waals surface area (Å²) in [5.41, 5.74) is 2.24. The molecule has 82 valence electrons. The summed E-state index contributed by atoms with van der Waals surface area (Å²) in [5, 5.41) is 3.24. The summed E-state index contributed by atoms with van der Waals surface area (Å²) >= 11 is 6.09. The van der Waals surface area contributed by atoms with Gasteiger partial charge in [0.25, 0.3) is 0 Å². The molecule has 15 heavy (non-hydrogen) atoms. The zero-order chi connectivity index (χ0) is 10.8. The average molecular weight is 241 g/mol. The lowest BCUT2D eigenvalue weighted by atomic mass is 10.1. The Morgan fingerprint density at radius 1 is 1.53 bits per heavy atom. The topological polar surface area (TPSA) is 21.3 Å². The number of nitrogens with one attached hydrogen (secondary N) is 1. The third-order valence-corrected chi connectivity index (χ3v) is 3.44. The van der Waals surface area contributed by atoms with Crippen LogP contribution in [0.2, 0.25) is 0 Å². The van der Waals surface area contributed by atoms with E-state index in [2.05, 4.69) is 49.3 Å². The number of fused-ring (bicyclic) bond motifs is 1. The molecule has 1 N–H and O–H groups in total. The molecule has 2 rings (SSSR count). The number of ether oxygens (including phenoxy) is 1. The molecular weight excluding hydrogens is 226 g/mol. The quantitative estimate of drug-likeness (QED) is 0.583. The lowest BCUT2D eigenvalue weighted by Gasteiger charge is -2.14. The van der Waals surface area contributed by atoms with Gasteiger partial charge in [-0.15, -0.1) is 24.4 Å². The molecule has 1 aliphatic heterocycles. The Kier molecular flexibility index (Phi) is 3.49. The molecule has 0 aromatic heterocycles. The number of hydrogen-bond acceptors (Lipinski definition) is 4. The van der Waals surface area contributed by atoms with Gasteiger partial charge in [-0.2, -0.15) is 0 Å².